The van der Waals surface area contributed by atoms with Crippen molar-refractivity contribution < 1.29 is 22.7 Å². The van der Waals surface area contributed by atoms with Gasteiger partial charge in [-0.05, 0) is 62.9 Å². The first-order valence-corrected chi connectivity index (χ1v) is 14.6. The molecule has 204 valence electrons. The number of amides is 2. The number of ether oxygens (including phenoxy) is 1. The first kappa shape index (κ1) is 30.4. The fraction of sp³-hybridized carbons (Fsp3) is 0.481. The number of sulfonamides is 1. The zero-order valence-electron chi connectivity index (χ0n) is 22.5. The minimum absolute atomic E-state index is 0.00926. The summed E-state index contributed by atoms with van der Waals surface area (Å²) in [5, 5.41) is 3.24. The van der Waals surface area contributed by atoms with E-state index in [9.17, 15) is 18.0 Å². The topological polar surface area (TPSA) is 96.0 Å². The van der Waals surface area contributed by atoms with Crippen molar-refractivity contribution in [1.29, 1.82) is 0 Å². The van der Waals surface area contributed by atoms with Gasteiger partial charge in [0.1, 0.15) is 11.8 Å². The summed E-state index contributed by atoms with van der Waals surface area (Å²) in [6.45, 7) is 7.95. The molecule has 2 aromatic rings. The summed E-state index contributed by atoms with van der Waals surface area (Å²) in [7, 11) is -2.15. The Morgan fingerprint density at radius 1 is 1.14 bits per heavy atom. The third-order valence-corrected chi connectivity index (χ3v) is 7.84. The molecule has 2 rings (SSSR count). The van der Waals surface area contributed by atoms with Crippen LogP contribution in [-0.2, 0) is 26.2 Å². The normalized spacial score (nSPS) is 12.9. The van der Waals surface area contributed by atoms with Crippen LogP contribution in [-0.4, -0.2) is 57.1 Å². The van der Waals surface area contributed by atoms with E-state index in [1.54, 1.807) is 24.0 Å². The predicted octanol–water partition coefficient (Wildman–Crippen LogP) is 4.54. The number of nitrogens with one attached hydrogen (secondary N) is 1. The van der Waals surface area contributed by atoms with Crippen molar-refractivity contribution >= 4 is 39.1 Å². The van der Waals surface area contributed by atoms with E-state index in [0.29, 0.717) is 11.4 Å². The first-order chi connectivity index (χ1) is 17.4. The summed E-state index contributed by atoms with van der Waals surface area (Å²) in [5.41, 5.74) is 2.36. The number of anilines is 1. The Balaban J connectivity index is 2.21. The van der Waals surface area contributed by atoms with Crippen molar-refractivity contribution in [2.24, 2.45) is 0 Å². The number of carbonyl (C=O) groups is 2. The van der Waals surface area contributed by atoms with E-state index in [1.807, 2.05) is 45.0 Å². The number of carbonyl (C=O) groups excluding carboxylic acids is 2. The highest BCUT2D eigenvalue weighted by atomic mass is 35.5. The molecule has 0 aromatic heterocycles. The number of halogens is 1. The van der Waals surface area contributed by atoms with Crippen LogP contribution < -0.4 is 14.4 Å². The predicted molar refractivity (Wildman–Crippen MR) is 149 cm³/mol. The summed E-state index contributed by atoms with van der Waals surface area (Å²) < 4.78 is 31.4. The molecule has 0 bridgehead atoms. The molecule has 1 N–H and O–H groups in total. The lowest BCUT2D eigenvalue weighted by Crippen LogP contribution is -2.49. The van der Waals surface area contributed by atoms with Crippen LogP contribution >= 0.6 is 11.6 Å². The number of aryl methyl sites for hydroxylation is 1. The van der Waals surface area contributed by atoms with Crippen molar-refractivity contribution in [3.63, 3.8) is 0 Å². The smallest absolute Gasteiger partial charge is 0.242 e. The third kappa shape index (κ3) is 8.64. The maximum absolute atomic E-state index is 13.4. The standard InChI is InChI=1S/C27H38ClN3O5S/c1-7-20(3)29-27(33)21(4)30(18-22-12-9-8-11-19(22)2)26(32)13-10-16-31(37(6,34)35)23-14-15-25(36-5)24(28)17-23/h8-9,11-12,14-15,17,20-21H,7,10,13,16,18H2,1-6H3,(H,29,33)/t20-,21-/m1/s1. The van der Waals surface area contributed by atoms with Crippen LogP contribution in [0, 0.1) is 6.92 Å². The van der Waals surface area contributed by atoms with Crippen molar-refractivity contribution in [1.82, 2.24) is 10.2 Å². The zero-order chi connectivity index (χ0) is 27.8. The molecule has 2 amide bonds. The second-order valence-corrected chi connectivity index (χ2v) is 11.5. The van der Waals surface area contributed by atoms with E-state index in [1.165, 1.54) is 17.5 Å². The Bertz CT molecular complexity index is 1190. The number of hydrogen-bond acceptors (Lipinski definition) is 5. The monoisotopic (exact) mass is 551 g/mol. The molecule has 0 saturated heterocycles. The molecule has 0 aliphatic heterocycles. The molecule has 8 nitrogen and oxygen atoms in total. The maximum atomic E-state index is 13.4. The molecule has 10 heteroatoms. The van der Waals surface area contributed by atoms with Gasteiger partial charge in [-0.2, -0.15) is 0 Å². The molecule has 0 unspecified atom stereocenters. The Labute approximate surface area is 226 Å². The molecular weight excluding hydrogens is 514 g/mol. The quantitative estimate of drug-likeness (QED) is 0.394. The van der Waals surface area contributed by atoms with Crippen LogP contribution in [0.25, 0.3) is 0 Å². The maximum Gasteiger partial charge on any atom is 0.242 e. The van der Waals surface area contributed by atoms with Gasteiger partial charge in [0.05, 0.1) is 24.1 Å². The number of rotatable bonds is 13. The Kier molecular flexibility index (Phi) is 11.3. The van der Waals surface area contributed by atoms with Gasteiger partial charge in [0.2, 0.25) is 21.8 Å². The lowest BCUT2D eigenvalue weighted by Gasteiger charge is -2.30. The van der Waals surface area contributed by atoms with E-state index in [-0.39, 0.29) is 48.8 Å². The highest BCUT2D eigenvalue weighted by molar-refractivity contribution is 7.92. The fourth-order valence-corrected chi connectivity index (χ4v) is 5.04. The first-order valence-electron chi connectivity index (χ1n) is 12.3. The van der Waals surface area contributed by atoms with Crippen LogP contribution in [0.15, 0.2) is 42.5 Å². The van der Waals surface area contributed by atoms with Gasteiger partial charge in [0.25, 0.3) is 0 Å². The van der Waals surface area contributed by atoms with Gasteiger partial charge in [0, 0.05) is 25.6 Å². The van der Waals surface area contributed by atoms with E-state index < -0.39 is 16.1 Å². The third-order valence-electron chi connectivity index (χ3n) is 6.35. The van der Waals surface area contributed by atoms with Crippen molar-refractivity contribution in [2.45, 2.75) is 65.6 Å². The molecular formula is C27H38ClN3O5S. The Hall–Kier alpha value is -2.78. The minimum atomic E-state index is -3.63. The molecule has 0 saturated carbocycles. The van der Waals surface area contributed by atoms with Gasteiger partial charge in [0.15, 0.2) is 0 Å². The molecule has 0 aliphatic rings. The number of methoxy groups -OCH3 is 1. The van der Waals surface area contributed by atoms with E-state index >= 15 is 0 Å². The van der Waals surface area contributed by atoms with Crippen LogP contribution in [0.5, 0.6) is 5.75 Å². The Morgan fingerprint density at radius 3 is 2.38 bits per heavy atom. The molecule has 0 aliphatic carbocycles. The highest BCUT2D eigenvalue weighted by Gasteiger charge is 2.27. The van der Waals surface area contributed by atoms with Gasteiger partial charge >= 0.3 is 0 Å². The van der Waals surface area contributed by atoms with E-state index in [4.69, 9.17) is 16.3 Å². The molecule has 0 spiro atoms. The lowest BCUT2D eigenvalue weighted by molar-refractivity contribution is -0.140. The van der Waals surface area contributed by atoms with Crippen LogP contribution in [0.2, 0.25) is 5.02 Å². The van der Waals surface area contributed by atoms with E-state index in [2.05, 4.69) is 5.32 Å². The molecule has 2 aromatic carbocycles. The minimum Gasteiger partial charge on any atom is -0.495 e. The summed E-state index contributed by atoms with van der Waals surface area (Å²) >= 11 is 6.21. The van der Waals surface area contributed by atoms with E-state index in [0.717, 1.165) is 23.8 Å². The Morgan fingerprint density at radius 2 is 1.81 bits per heavy atom. The SMILES string of the molecule is CC[C@@H](C)NC(=O)[C@@H](C)N(Cc1ccccc1C)C(=O)CCCN(c1ccc(OC)c(Cl)c1)S(C)(=O)=O. The van der Waals surface area contributed by atoms with Gasteiger partial charge in [-0.1, -0.05) is 42.8 Å². The zero-order valence-corrected chi connectivity index (χ0v) is 24.0. The fourth-order valence-electron chi connectivity index (χ4n) is 3.83. The second-order valence-electron chi connectivity index (χ2n) is 9.20. The average molecular weight is 552 g/mol. The second kappa shape index (κ2) is 13.7. The van der Waals surface area contributed by atoms with Crippen molar-refractivity contribution in [2.75, 3.05) is 24.2 Å². The van der Waals surface area contributed by atoms with Crippen LogP contribution in [0.1, 0.15) is 51.2 Å². The lowest BCUT2D eigenvalue weighted by atomic mass is 10.1. The number of nitrogens with zero attached hydrogens (tertiary/aromatic N) is 2. The molecule has 0 heterocycles. The molecule has 0 radical (unpaired) electrons. The summed E-state index contributed by atoms with van der Waals surface area (Å²) in [6, 6.07) is 11.8. The summed E-state index contributed by atoms with van der Waals surface area (Å²) in [4.78, 5) is 27.9. The largest absolute Gasteiger partial charge is 0.495 e. The van der Waals surface area contributed by atoms with Crippen molar-refractivity contribution in [3.05, 3.63) is 58.6 Å². The van der Waals surface area contributed by atoms with Gasteiger partial charge in [-0.3, -0.25) is 13.9 Å². The van der Waals surface area contributed by atoms with Gasteiger partial charge in [-0.25, -0.2) is 8.42 Å². The van der Waals surface area contributed by atoms with Gasteiger partial charge in [-0.15, -0.1) is 0 Å². The van der Waals surface area contributed by atoms with Crippen LogP contribution in [0.3, 0.4) is 0 Å². The summed E-state index contributed by atoms with van der Waals surface area (Å²) in [6.07, 6.45) is 2.22. The van der Waals surface area contributed by atoms with Crippen molar-refractivity contribution in [3.8, 4) is 5.75 Å². The summed E-state index contributed by atoms with van der Waals surface area (Å²) in [5.74, 6) is -0.0104. The van der Waals surface area contributed by atoms with Gasteiger partial charge < -0.3 is 15.0 Å². The highest BCUT2D eigenvalue weighted by Crippen LogP contribution is 2.30. The molecule has 37 heavy (non-hydrogen) atoms. The van der Waals surface area contributed by atoms with Crippen LogP contribution in [0.4, 0.5) is 5.69 Å². The number of benzene rings is 2. The molecule has 2 atom stereocenters. The number of hydrogen-bond donors (Lipinski definition) is 1. The average Bonchev–Trinajstić information content (AvgIpc) is 2.84. The molecule has 0 fully saturated rings.